The van der Waals surface area contributed by atoms with Gasteiger partial charge in [-0.3, -0.25) is 4.79 Å². The molecule has 5 rings (SSSR count). The summed E-state index contributed by atoms with van der Waals surface area (Å²) in [5.74, 6) is 0.882. The van der Waals surface area contributed by atoms with Crippen molar-refractivity contribution in [3.8, 4) is 17.0 Å². The smallest absolute Gasteiger partial charge is 0.257 e. The average molecular weight is 378 g/mol. The van der Waals surface area contributed by atoms with E-state index >= 15 is 0 Å². The minimum absolute atomic E-state index is 0.158. The fraction of sp³-hybridized carbons (Fsp3) is 0.409. The Kier molecular flexibility index (Phi) is 4.16. The van der Waals surface area contributed by atoms with Crippen molar-refractivity contribution in [2.45, 2.75) is 25.7 Å². The van der Waals surface area contributed by atoms with Gasteiger partial charge in [0.05, 0.1) is 17.9 Å². The number of anilines is 1. The first-order valence-electron chi connectivity index (χ1n) is 10.1. The van der Waals surface area contributed by atoms with Crippen LogP contribution in [0.25, 0.3) is 22.2 Å². The van der Waals surface area contributed by atoms with Crippen LogP contribution in [0.4, 0.5) is 5.69 Å². The lowest BCUT2D eigenvalue weighted by Gasteiger charge is -2.23. The molecule has 1 aliphatic carbocycles. The van der Waals surface area contributed by atoms with Gasteiger partial charge in [0.25, 0.3) is 5.56 Å². The zero-order chi connectivity index (χ0) is 19.1. The van der Waals surface area contributed by atoms with Crippen molar-refractivity contribution in [3.63, 3.8) is 0 Å². The first-order chi connectivity index (χ1) is 13.6. The second kappa shape index (κ2) is 6.71. The van der Waals surface area contributed by atoms with Gasteiger partial charge in [-0.25, -0.2) is 0 Å². The normalized spacial score (nSPS) is 18.6. The van der Waals surface area contributed by atoms with E-state index in [1.165, 1.54) is 51.5 Å². The number of benzene rings is 1. The number of rotatable bonds is 6. The Morgan fingerprint density at radius 1 is 1.14 bits per heavy atom. The van der Waals surface area contributed by atoms with Crippen molar-refractivity contribution in [2.75, 3.05) is 32.0 Å². The molecule has 0 radical (unpaired) electrons. The molecule has 0 atom stereocenters. The summed E-state index contributed by atoms with van der Waals surface area (Å²) in [6, 6.07) is 9.72. The predicted molar refractivity (Wildman–Crippen MR) is 112 cm³/mol. The molecule has 6 heteroatoms. The van der Waals surface area contributed by atoms with E-state index in [9.17, 15) is 4.79 Å². The Hall–Kier alpha value is -2.73. The van der Waals surface area contributed by atoms with Gasteiger partial charge in [-0.05, 0) is 69.1 Å². The largest absolute Gasteiger partial charge is 0.493 e. The second-order valence-electron chi connectivity index (χ2n) is 8.38. The van der Waals surface area contributed by atoms with Gasteiger partial charge >= 0.3 is 0 Å². The molecule has 3 heterocycles. The van der Waals surface area contributed by atoms with Gasteiger partial charge in [0.2, 0.25) is 0 Å². The minimum atomic E-state index is -0.158. The van der Waals surface area contributed by atoms with Crippen LogP contribution in [0.1, 0.15) is 25.7 Å². The molecule has 2 fully saturated rings. The van der Waals surface area contributed by atoms with Crippen LogP contribution in [0.3, 0.4) is 0 Å². The molecule has 0 bridgehead atoms. The summed E-state index contributed by atoms with van der Waals surface area (Å²) < 4.78 is 6.18. The summed E-state index contributed by atoms with van der Waals surface area (Å²) in [5.41, 5.74) is 8.81. The molecule has 28 heavy (non-hydrogen) atoms. The first kappa shape index (κ1) is 17.4. The van der Waals surface area contributed by atoms with E-state index in [4.69, 9.17) is 10.5 Å². The number of nitrogens with two attached hydrogens (primary N) is 1. The molecule has 1 aliphatic heterocycles. The van der Waals surface area contributed by atoms with Crippen LogP contribution in [0.2, 0.25) is 0 Å². The third-order valence-electron chi connectivity index (χ3n) is 6.07. The summed E-state index contributed by atoms with van der Waals surface area (Å²) >= 11 is 0. The van der Waals surface area contributed by atoms with Crippen LogP contribution in [0.15, 0.2) is 41.3 Å². The fourth-order valence-corrected chi connectivity index (χ4v) is 4.22. The Morgan fingerprint density at radius 2 is 1.96 bits per heavy atom. The van der Waals surface area contributed by atoms with Crippen molar-refractivity contribution in [3.05, 3.63) is 46.9 Å². The van der Waals surface area contributed by atoms with Crippen LogP contribution < -0.4 is 16.0 Å². The van der Waals surface area contributed by atoms with Crippen LogP contribution in [0, 0.1) is 5.41 Å². The maximum absolute atomic E-state index is 12.1. The number of hydrogen-bond acceptors (Lipinski definition) is 4. The number of nitrogens with one attached hydrogen (secondary N) is 2. The van der Waals surface area contributed by atoms with Crippen molar-refractivity contribution in [1.29, 1.82) is 0 Å². The van der Waals surface area contributed by atoms with Crippen LogP contribution in [-0.4, -0.2) is 41.1 Å². The molecule has 1 aromatic carbocycles. The van der Waals surface area contributed by atoms with E-state index in [2.05, 4.69) is 14.9 Å². The number of ether oxygens (including phenoxy) is 1. The summed E-state index contributed by atoms with van der Waals surface area (Å²) in [5, 5.41) is 1.03. The Labute approximate surface area is 163 Å². The fourth-order valence-electron chi connectivity index (χ4n) is 4.22. The molecule has 3 aromatic rings. The SMILES string of the molecule is Nc1c[nH]c(=O)c(-c2cc3cc(OCC4(CN5CCCC5)CC4)ccc3[nH]2)c1. The van der Waals surface area contributed by atoms with E-state index in [0.717, 1.165) is 29.0 Å². The van der Waals surface area contributed by atoms with Crippen molar-refractivity contribution < 1.29 is 4.74 Å². The summed E-state index contributed by atoms with van der Waals surface area (Å²) in [7, 11) is 0. The van der Waals surface area contributed by atoms with Gasteiger partial charge in [-0.1, -0.05) is 0 Å². The Morgan fingerprint density at radius 3 is 2.75 bits per heavy atom. The molecule has 146 valence electrons. The molecule has 0 unspecified atom stereocenters. The molecule has 2 aliphatic rings. The highest BCUT2D eigenvalue weighted by Gasteiger charge is 2.45. The highest BCUT2D eigenvalue weighted by Crippen LogP contribution is 2.47. The van der Waals surface area contributed by atoms with Gasteiger partial charge in [0.15, 0.2) is 0 Å². The highest BCUT2D eigenvalue weighted by molar-refractivity contribution is 5.87. The summed E-state index contributed by atoms with van der Waals surface area (Å²) in [6.45, 7) is 4.43. The molecule has 0 amide bonds. The van der Waals surface area contributed by atoms with Gasteiger partial charge in [0, 0.05) is 34.7 Å². The number of likely N-dealkylation sites (tertiary alicyclic amines) is 1. The summed E-state index contributed by atoms with van der Waals surface area (Å²) in [6.07, 6.45) is 6.70. The van der Waals surface area contributed by atoms with E-state index in [-0.39, 0.29) is 5.56 Å². The third kappa shape index (κ3) is 3.40. The number of H-pyrrole nitrogens is 2. The molecule has 6 nitrogen and oxygen atoms in total. The van der Waals surface area contributed by atoms with Crippen molar-refractivity contribution in [1.82, 2.24) is 14.9 Å². The summed E-state index contributed by atoms with van der Waals surface area (Å²) in [4.78, 5) is 20.7. The third-order valence-corrected chi connectivity index (χ3v) is 6.07. The maximum atomic E-state index is 12.1. The Bertz CT molecular complexity index is 1060. The minimum Gasteiger partial charge on any atom is -0.493 e. The van der Waals surface area contributed by atoms with E-state index in [0.29, 0.717) is 16.7 Å². The molecule has 2 aromatic heterocycles. The molecular formula is C22H26N4O2. The topological polar surface area (TPSA) is 87.1 Å². The molecule has 1 saturated carbocycles. The number of nitrogens with zero attached hydrogens (tertiary/aromatic N) is 1. The van der Waals surface area contributed by atoms with Crippen LogP contribution in [-0.2, 0) is 0 Å². The predicted octanol–water partition coefficient (Wildman–Crippen LogP) is 3.36. The lowest BCUT2D eigenvalue weighted by molar-refractivity contribution is 0.179. The van der Waals surface area contributed by atoms with E-state index in [1.807, 2.05) is 24.3 Å². The Balaban J connectivity index is 1.33. The highest BCUT2D eigenvalue weighted by atomic mass is 16.5. The maximum Gasteiger partial charge on any atom is 0.257 e. The standard InChI is InChI=1S/C22H26N4O2/c23-16-11-18(21(27)24-12-16)20-10-15-9-17(3-4-19(15)25-20)28-14-22(5-6-22)13-26-7-1-2-8-26/h3-4,9-12,25H,1-2,5-8,13-14,23H2,(H,24,27). The lowest BCUT2D eigenvalue weighted by atomic mass is 10.1. The van der Waals surface area contributed by atoms with Crippen LogP contribution >= 0.6 is 0 Å². The molecule has 0 spiro atoms. The van der Waals surface area contributed by atoms with Gasteiger partial charge in [-0.2, -0.15) is 0 Å². The molecule has 4 N–H and O–H groups in total. The van der Waals surface area contributed by atoms with Crippen LogP contribution in [0.5, 0.6) is 5.75 Å². The second-order valence-corrected chi connectivity index (χ2v) is 8.38. The van der Waals surface area contributed by atoms with Crippen molar-refractivity contribution in [2.24, 2.45) is 5.41 Å². The van der Waals surface area contributed by atoms with Crippen molar-refractivity contribution >= 4 is 16.6 Å². The zero-order valence-electron chi connectivity index (χ0n) is 16.0. The number of fused-ring (bicyclic) bond motifs is 1. The zero-order valence-corrected chi connectivity index (χ0v) is 16.0. The average Bonchev–Trinajstić information content (AvgIpc) is 3.07. The number of hydrogen-bond donors (Lipinski definition) is 3. The molecular weight excluding hydrogens is 352 g/mol. The van der Waals surface area contributed by atoms with Gasteiger partial charge in [0.1, 0.15) is 5.75 Å². The van der Waals surface area contributed by atoms with Gasteiger partial charge < -0.3 is 25.3 Å². The number of nitrogen functional groups attached to an aromatic ring is 1. The van der Waals surface area contributed by atoms with E-state index < -0.39 is 0 Å². The number of aromatic amines is 2. The number of pyridine rings is 1. The first-order valence-corrected chi connectivity index (χ1v) is 10.1. The lowest BCUT2D eigenvalue weighted by Crippen LogP contribution is -2.31. The number of aromatic nitrogens is 2. The molecule has 1 saturated heterocycles. The monoisotopic (exact) mass is 378 g/mol. The van der Waals surface area contributed by atoms with E-state index in [1.54, 1.807) is 6.07 Å². The quantitative estimate of drug-likeness (QED) is 0.614. The van der Waals surface area contributed by atoms with Gasteiger partial charge in [-0.15, -0.1) is 0 Å².